The first-order valence-electron chi connectivity index (χ1n) is 7.45. The average molecular weight is 341 g/mol. The molecule has 1 amide bonds. The normalized spacial score (nSPS) is 19.6. The number of nitrogens with one attached hydrogen (secondary N) is 1. The molecule has 6 nitrogen and oxygen atoms in total. The predicted octanol–water partition coefficient (Wildman–Crippen LogP) is 0.740. The van der Waals surface area contributed by atoms with Crippen LogP contribution in [0, 0.1) is 11.8 Å². The van der Waals surface area contributed by atoms with E-state index in [1.165, 1.54) is 0 Å². The van der Waals surface area contributed by atoms with E-state index < -0.39 is 21.8 Å². The molecule has 130 valence electrons. The first-order valence-corrected chi connectivity index (χ1v) is 8.95. The summed E-state index contributed by atoms with van der Waals surface area (Å²) in [6, 6.07) is -0.556. The number of alkyl halides is 2. The number of carbonyl (C=O) groups is 1. The smallest absolute Gasteiger partial charge is 0.350 e. The third kappa shape index (κ3) is 5.44. The Hall–Kier alpha value is -0.800. The molecule has 0 aromatic carbocycles. The van der Waals surface area contributed by atoms with Gasteiger partial charge < -0.3 is 11.1 Å². The van der Waals surface area contributed by atoms with Crippen molar-refractivity contribution in [3.8, 4) is 0 Å². The van der Waals surface area contributed by atoms with Crippen LogP contribution < -0.4 is 11.1 Å². The number of carbonyl (C=O) groups excluding carboxylic acids is 1. The summed E-state index contributed by atoms with van der Waals surface area (Å²) in [7, 11) is -4.49. The van der Waals surface area contributed by atoms with Crippen molar-refractivity contribution in [1.29, 1.82) is 0 Å². The molecule has 1 aliphatic heterocycles. The van der Waals surface area contributed by atoms with Crippen LogP contribution in [0.4, 0.5) is 8.78 Å². The summed E-state index contributed by atoms with van der Waals surface area (Å²) in [6.45, 7) is 4.47. The van der Waals surface area contributed by atoms with E-state index in [-0.39, 0.29) is 24.9 Å². The van der Waals surface area contributed by atoms with Crippen molar-refractivity contribution in [2.24, 2.45) is 17.6 Å². The second-order valence-corrected chi connectivity index (χ2v) is 8.03. The van der Waals surface area contributed by atoms with Gasteiger partial charge in [0.05, 0.1) is 6.04 Å². The van der Waals surface area contributed by atoms with Gasteiger partial charge in [-0.15, -0.1) is 0 Å². The molecule has 1 atom stereocenters. The molecular weight excluding hydrogens is 316 g/mol. The fourth-order valence-electron chi connectivity index (χ4n) is 2.47. The highest BCUT2D eigenvalue weighted by Crippen LogP contribution is 2.22. The number of rotatable bonds is 7. The van der Waals surface area contributed by atoms with Gasteiger partial charge in [-0.3, -0.25) is 4.79 Å². The van der Waals surface area contributed by atoms with E-state index in [2.05, 4.69) is 5.32 Å². The Bertz CT molecular complexity index is 463. The summed E-state index contributed by atoms with van der Waals surface area (Å²) in [5.41, 5.74) is 5.76. The van der Waals surface area contributed by atoms with Crippen molar-refractivity contribution < 1.29 is 22.0 Å². The molecule has 0 saturated carbocycles. The van der Waals surface area contributed by atoms with Gasteiger partial charge in [0.25, 0.3) is 10.0 Å². The predicted molar refractivity (Wildman–Crippen MR) is 79.7 cm³/mol. The number of nitrogens with zero attached hydrogens (tertiary/aromatic N) is 1. The number of piperidine rings is 1. The highest BCUT2D eigenvalue weighted by molar-refractivity contribution is 7.89. The maximum atomic E-state index is 12.4. The second-order valence-electron chi connectivity index (χ2n) is 6.13. The SMILES string of the molecule is CC(C)C[C@H](N)C(=O)NCC1CCN(S(=O)(=O)C(F)F)CC1. The molecule has 22 heavy (non-hydrogen) atoms. The Morgan fingerprint density at radius 3 is 2.32 bits per heavy atom. The zero-order valence-electron chi connectivity index (χ0n) is 13.0. The van der Waals surface area contributed by atoms with Crippen molar-refractivity contribution in [2.45, 2.75) is 44.9 Å². The molecule has 1 heterocycles. The summed E-state index contributed by atoms with van der Waals surface area (Å²) < 4.78 is 48.4. The number of hydrogen-bond acceptors (Lipinski definition) is 4. The van der Waals surface area contributed by atoms with E-state index in [0.29, 0.717) is 31.7 Å². The van der Waals surface area contributed by atoms with Gasteiger partial charge in [-0.2, -0.15) is 13.1 Å². The van der Waals surface area contributed by atoms with Crippen LogP contribution in [0.15, 0.2) is 0 Å². The molecule has 9 heteroatoms. The first kappa shape index (κ1) is 19.2. The number of sulfonamides is 1. The van der Waals surface area contributed by atoms with E-state index in [4.69, 9.17) is 5.73 Å². The molecule has 0 aromatic heterocycles. The topological polar surface area (TPSA) is 92.5 Å². The Morgan fingerprint density at radius 2 is 1.86 bits per heavy atom. The number of halogens is 2. The van der Waals surface area contributed by atoms with E-state index in [9.17, 15) is 22.0 Å². The van der Waals surface area contributed by atoms with E-state index in [1.807, 2.05) is 13.8 Å². The summed E-state index contributed by atoms with van der Waals surface area (Å²) in [5, 5.41) is 2.75. The highest BCUT2D eigenvalue weighted by atomic mass is 32.2. The molecule has 0 aromatic rings. The lowest BCUT2D eigenvalue weighted by Crippen LogP contribution is -2.46. The Balaban J connectivity index is 2.36. The van der Waals surface area contributed by atoms with Crippen molar-refractivity contribution in [1.82, 2.24) is 9.62 Å². The van der Waals surface area contributed by atoms with Gasteiger partial charge in [0.1, 0.15) is 0 Å². The van der Waals surface area contributed by atoms with Gasteiger partial charge in [0.2, 0.25) is 5.91 Å². The van der Waals surface area contributed by atoms with Gasteiger partial charge in [0, 0.05) is 19.6 Å². The van der Waals surface area contributed by atoms with Crippen LogP contribution in [0.25, 0.3) is 0 Å². The van der Waals surface area contributed by atoms with Crippen LogP contribution in [0.2, 0.25) is 0 Å². The summed E-state index contributed by atoms with van der Waals surface area (Å²) in [4.78, 5) is 11.8. The summed E-state index contributed by atoms with van der Waals surface area (Å²) in [6.07, 6.45) is 1.49. The lowest BCUT2D eigenvalue weighted by atomic mass is 9.97. The Morgan fingerprint density at radius 1 is 1.32 bits per heavy atom. The van der Waals surface area contributed by atoms with Gasteiger partial charge in [-0.1, -0.05) is 13.8 Å². The maximum absolute atomic E-state index is 12.4. The molecule has 0 radical (unpaired) electrons. The highest BCUT2D eigenvalue weighted by Gasteiger charge is 2.34. The van der Waals surface area contributed by atoms with Crippen LogP contribution in [0.3, 0.4) is 0 Å². The van der Waals surface area contributed by atoms with E-state index >= 15 is 0 Å². The molecule has 0 bridgehead atoms. The monoisotopic (exact) mass is 341 g/mol. The molecule has 0 unspecified atom stereocenters. The lowest BCUT2D eigenvalue weighted by Gasteiger charge is -2.31. The fourth-order valence-corrected chi connectivity index (χ4v) is 3.42. The van der Waals surface area contributed by atoms with Gasteiger partial charge in [-0.25, -0.2) is 8.42 Å². The third-order valence-corrected chi connectivity index (χ3v) is 5.32. The van der Waals surface area contributed by atoms with Crippen LogP contribution >= 0.6 is 0 Å². The van der Waals surface area contributed by atoms with Crippen molar-refractivity contribution in [2.75, 3.05) is 19.6 Å². The van der Waals surface area contributed by atoms with Gasteiger partial charge in [0.15, 0.2) is 0 Å². The summed E-state index contributed by atoms with van der Waals surface area (Å²) in [5.74, 6) is -3.20. The molecule has 3 N–H and O–H groups in total. The van der Waals surface area contributed by atoms with Crippen LogP contribution in [-0.4, -0.2) is 50.1 Å². The standard InChI is InChI=1S/C13H25F2N3O3S/c1-9(2)7-11(16)12(19)17-8-10-3-5-18(6-4-10)22(20,21)13(14)15/h9-11,13H,3-8,16H2,1-2H3,(H,17,19)/t11-/m0/s1. The lowest BCUT2D eigenvalue weighted by molar-refractivity contribution is -0.122. The Labute approximate surface area is 130 Å². The van der Waals surface area contributed by atoms with Crippen molar-refractivity contribution >= 4 is 15.9 Å². The van der Waals surface area contributed by atoms with Crippen LogP contribution in [-0.2, 0) is 14.8 Å². The number of nitrogens with two attached hydrogens (primary N) is 1. The minimum Gasteiger partial charge on any atom is -0.354 e. The fraction of sp³-hybridized carbons (Fsp3) is 0.923. The first-order chi connectivity index (χ1) is 10.1. The molecule has 0 spiro atoms. The molecule has 1 saturated heterocycles. The van der Waals surface area contributed by atoms with Gasteiger partial charge in [-0.05, 0) is 31.1 Å². The molecule has 1 aliphatic rings. The second kappa shape index (κ2) is 8.16. The largest absolute Gasteiger partial charge is 0.354 e. The maximum Gasteiger partial charge on any atom is 0.350 e. The Kier molecular flexibility index (Phi) is 7.14. The quantitative estimate of drug-likeness (QED) is 0.714. The van der Waals surface area contributed by atoms with Crippen LogP contribution in [0.5, 0.6) is 0 Å². The average Bonchev–Trinajstić information content (AvgIpc) is 2.44. The minimum absolute atomic E-state index is 0.0608. The van der Waals surface area contributed by atoms with Crippen LogP contribution in [0.1, 0.15) is 33.1 Å². The number of hydrogen-bond donors (Lipinski definition) is 2. The molecule has 0 aliphatic carbocycles. The van der Waals surface area contributed by atoms with Crippen molar-refractivity contribution in [3.63, 3.8) is 0 Å². The van der Waals surface area contributed by atoms with E-state index in [0.717, 1.165) is 4.31 Å². The summed E-state index contributed by atoms with van der Waals surface area (Å²) >= 11 is 0. The zero-order chi connectivity index (χ0) is 16.9. The molecule has 1 fully saturated rings. The van der Waals surface area contributed by atoms with Crippen molar-refractivity contribution in [3.05, 3.63) is 0 Å². The zero-order valence-corrected chi connectivity index (χ0v) is 13.8. The third-order valence-electron chi connectivity index (χ3n) is 3.79. The minimum atomic E-state index is -4.49. The van der Waals surface area contributed by atoms with E-state index in [1.54, 1.807) is 0 Å². The molecule has 1 rings (SSSR count). The number of amides is 1. The van der Waals surface area contributed by atoms with Gasteiger partial charge >= 0.3 is 5.76 Å². The molecular formula is C13H25F2N3O3S.